The molecule has 0 saturated carbocycles. The van der Waals surface area contributed by atoms with Crippen molar-refractivity contribution < 1.29 is 5.11 Å². The minimum absolute atomic E-state index is 0.0692. The summed E-state index contributed by atoms with van der Waals surface area (Å²) < 4.78 is 0. The summed E-state index contributed by atoms with van der Waals surface area (Å²) >= 11 is 0. The van der Waals surface area contributed by atoms with Gasteiger partial charge in [-0.2, -0.15) is 0 Å². The van der Waals surface area contributed by atoms with Crippen LogP contribution in [0.2, 0.25) is 0 Å². The molecule has 10 heavy (non-hydrogen) atoms. The fourth-order valence-corrected chi connectivity index (χ4v) is 1.22. The molecule has 1 saturated heterocycles. The van der Waals surface area contributed by atoms with Gasteiger partial charge in [-0.3, -0.25) is 0 Å². The lowest BCUT2D eigenvalue weighted by Gasteiger charge is -2.21. The van der Waals surface area contributed by atoms with Gasteiger partial charge in [-0.25, -0.2) is 0 Å². The zero-order valence-corrected chi connectivity index (χ0v) is 6.21. The molecule has 0 spiro atoms. The number of rotatable bonds is 0. The molecule has 1 heterocycles. The standard InChI is InChI=1S/C7H16N2O/c8-6-5-9-4-2-1-3-7(6)10/h6-7,9-10H,1-5,8H2. The molecule has 0 aliphatic carbocycles. The first kappa shape index (κ1) is 7.98. The molecule has 0 aromatic heterocycles. The van der Waals surface area contributed by atoms with Crippen molar-refractivity contribution in [2.24, 2.45) is 5.73 Å². The van der Waals surface area contributed by atoms with Crippen LogP contribution in [-0.2, 0) is 0 Å². The lowest BCUT2D eigenvalue weighted by Crippen LogP contribution is -2.44. The summed E-state index contributed by atoms with van der Waals surface area (Å²) in [5.74, 6) is 0. The van der Waals surface area contributed by atoms with Gasteiger partial charge in [0.1, 0.15) is 0 Å². The first-order valence-corrected chi connectivity index (χ1v) is 3.95. The summed E-state index contributed by atoms with van der Waals surface area (Å²) in [4.78, 5) is 0. The van der Waals surface area contributed by atoms with Crippen molar-refractivity contribution in [1.82, 2.24) is 5.32 Å². The van der Waals surface area contributed by atoms with Crippen LogP contribution < -0.4 is 11.1 Å². The van der Waals surface area contributed by atoms with E-state index in [9.17, 15) is 5.11 Å². The maximum atomic E-state index is 9.32. The number of hydrogen-bond donors (Lipinski definition) is 3. The van der Waals surface area contributed by atoms with Gasteiger partial charge >= 0.3 is 0 Å². The summed E-state index contributed by atoms with van der Waals surface area (Å²) in [7, 11) is 0. The predicted molar refractivity (Wildman–Crippen MR) is 40.7 cm³/mol. The van der Waals surface area contributed by atoms with E-state index in [-0.39, 0.29) is 12.1 Å². The van der Waals surface area contributed by atoms with E-state index in [0.717, 1.165) is 32.4 Å². The molecule has 0 aromatic carbocycles. The van der Waals surface area contributed by atoms with E-state index in [1.807, 2.05) is 0 Å². The van der Waals surface area contributed by atoms with Crippen LogP contribution in [-0.4, -0.2) is 30.3 Å². The highest BCUT2D eigenvalue weighted by atomic mass is 16.3. The minimum Gasteiger partial charge on any atom is -0.391 e. The van der Waals surface area contributed by atoms with E-state index < -0.39 is 0 Å². The molecular formula is C7H16N2O. The van der Waals surface area contributed by atoms with Crippen LogP contribution >= 0.6 is 0 Å². The Morgan fingerprint density at radius 1 is 1.40 bits per heavy atom. The Morgan fingerprint density at radius 2 is 2.20 bits per heavy atom. The molecule has 0 amide bonds. The third kappa shape index (κ3) is 2.25. The highest BCUT2D eigenvalue weighted by Gasteiger charge is 2.15. The normalized spacial score (nSPS) is 36.6. The lowest BCUT2D eigenvalue weighted by atomic mass is 10.0. The Balaban J connectivity index is 2.28. The molecule has 60 valence electrons. The first-order chi connectivity index (χ1) is 4.80. The summed E-state index contributed by atoms with van der Waals surface area (Å²) in [5, 5.41) is 12.5. The van der Waals surface area contributed by atoms with Crippen molar-refractivity contribution in [2.75, 3.05) is 13.1 Å². The molecule has 0 bridgehead atoms. The fourth-order valence-electron chi connectivity index (χ4n) is 1.22. The van der Waals surface area contributed by atoms with Gasteiger partial charge in [0.05, 0.1) is 6.10 Å². The quantitative estimate of drug-likeness (QED) is 0.427. The van der Waals surface area contributed by atoms with Crippen molar-refractivity contribution in [2.45, 2.75) is 31.4 Å². The number of nitrogens with one attached hydrogen (secondary N) is 1. The Labute approximate surface area is 61.6 Å². The number of aliphatic hydroxyl groups is 1. The fraction of sp³-hybridized carbons (Fsp3) is 1.00. The second kappa shape index (κ2) is 3.91. The van der Waals surface area contributed by atoms with Gasteiger partial charge in [0, 0.05) is 12.6 Å². The predicted octanol–water partition coefficient (Wildman–Crippen LogP) is -0.552. The smallest absolute Gasteiger partial charge is 0.0703 e. The lowest BCUT2D eigenvalue weighted by molar-refractivity contribution is 0.125. The first-order valence-electron chi connectivity index (χ1n) is 3.95. The van der Waals surface area contributed by atoms with E-state index in [1.165, 1.54) is 0 Å². The van der Waals surface area contributed by atoms with Crippen molar-refractivity contribution >= 4 is 0 Å². The topological polar surface area (TPSA) is 58.3 Å². The summed E-state index contributed by atoms with van der Waals surface area (Å²) in [6, 6.07) is -0.0692. The van der Waals surface area contributed by atoms with Crippen LogP contribution in [0.5, 0.6) is 0 Å². The molecule has 1 aliphatic rings. The van der Waals surface area contributed by atoms with Crippen LogP contribution in [0, 0.1) is 0 Å². The van der Waals surface area contributed by atoms with E-state index in [1.54, 1.807) is 0 Å². The van der Waals surface area contributed by atoms with Crippen LogP contribution in [0.1, 0.15) is 19.3 Å². The molecule has 2 unspecified atom stereocenters. The molecule has 3 heteroatoms. The van der Waals surface area contributed by atoms with Crippen molar-refractivity contribution in [1.29, 1.82) is 0 Å². The zero-order valence-electron chi connectivity index (χ0n) is 6.21. The van der Waals surface area contributed by atoms with Crippen molar-refractivity contribution in [3.8, 4) is 0 Å². The summed E-state index contributed by atoms with van der Waals surface area (Å²) in [5.41, 5.74) is 5.64. The molecule has 1 fully saturated rings. The Bertz CT molecular complexity index is 85.6. The highest BCUT2D eigenvalue weighted by Crippen LogP contribution is 2.05. The Morgan fingerprint density at radius 3 is 3.00 bits per heavy atom. The average molecular weight is 144 g/mol. The second-order valence-corrected chi connectivity index (χ2v) is 2.93. The number of aliphatic hydroxyl groups excluding tert-OH is 1. The largest absolute Gasteiger partial charge is 0.391 e. The molecule has 3 nitrogen and oxygen atoms in total. The third-order valence-corrected chi connectivity index (χ3v) is 1.98. The maximum Gasteiger partial charge on any atom is 0.0703 e. The SMILES string of the molecule is NC1CNCCCCC1O. The molecule has 4 N–H and O–H groups in total. The third-order valence-electron chi connectivity index (χ3n) is 1.98. The number of nitrogens with two attached hydrogens (primary N) is 1. The molecular weight excluding hydrogens is 128 g/mol. The van der Waals surface area contributed by atoms with Crippen molar-refractivity contribution in [3.63, 3.8) is 0 Å². The Hall–Kier alpha value is -0.120. The molecule has 2 atom stereocenters. The van der Waals surface area contributed by atoms with Gasteiger partial charge in [0.2, 0.25) is 0 Å². The van der Waals surface area contributed by atoms with Gasteiger partial charge in [0.25, 0.3) is 0 Å². The molecule has 0 aromatic rings. The molecule has 1 rings (SSSR count). The molecule has 0 radical (unpaired) electrons. The van der Waals surface area contributed by atoms with Crippen LogP contribution in [0.25, 0.3) is 0 Å². The van der Waals surface area contributed by atoms with Crippen LogP contribution in [0.3, 0.4) is 0 Å². The van der Waals surface area contributed by atoms with Gasteiger partial charge < -0.3 is 16.2 Å². The second-order valence-electron chi connectivity index (χ2n) is 2.93. The van der Waals surface area contributed by atoms with Gasteiger partial charge in [-0.05, 0) is 25.8 Å². The molecule has 1 aliphatic heterocycles. The van der Waals surface area contributed by atoms with Crippen LogP contribution in [0.4, 0.5) is 0 Å². The average Bonchev–Trinajstić information content (AvgIpc) is 1.92. The van der Waals surface area contributed by atoms with E-state index in [0.29, 0.717) is 0 Å². The highest BCUT2D eigenvalue weighted by molar-refractivity contribution is 4.76. The maximum absolute atomic E-state index is 9.32. The van der Waals surface area contributed by atoms with E-state index in [2.05, 4.69) is 5.32 Å². The number of hydrogen-bond acceptors (Lipinski definition) is 3. The van der Waals surface area contributed by atoms with Gasteiger partial charge in [-0.1, -0.05) is 0 Å². The monoisotopic (exact) mass is 144 g/mol. The zero-order chi connectivity index (χ0) is 7.40. The summed E-state index contributed by atoms with van der Waals surface area (Å²) in [6.45, 7) is 1.79. The van der Waals surface area contributed by atoms with Crippen molar-refractivity contribution in [3.05, 3.63) is 0 Å². The van der Waals surface area contributed by atoms with Gasteiger partial charge in [-0.15, -0.1) is 0 Å². The minimum atomic E-state index is -0.298. The van der Waals surface area contributed by atoms with Gasteiger partial charge in [0.15, 0.2) is 0 Å². The van der Waals surface area contributed by atoms with Crippen LogP contribution in [0.15, 0.2) is 0 Å². The Kier molecular flexibility index (Phi) is 3.12. The van der Waals surface area contributed by atoms with E-state index >= 15 is 0 Å². The van der Waals surface area contributed by atoms with E-state index in [4.69, 9.17) is 5.73 Å². The summed E-state index contributed by atoms with van der Waals surface area (Å²) in [6.07, 6.45) is 2.81.